The fourth-order valence-corrected chi connectivity index (χ4v) is 6.39. The molecule has 0 saturated carbocycles. The van der Waals surface area contributed by atoms with E-state index in [0.29, 0.717) is 52.9 Å². The maximum atomic E-state index is 13.9. The van der Waals surface area contributed by atoms with Gasteiger partial charge in [0.2, 0.25) is 23.6 Å². The van der Waals surface area contributed by atoms with Crippen LogP contribution in [0.5, 0.6) is 5.88 Å². The minimum Gasteiger partial charge on any atom is -0.477 e. The second kappa shape index (κ2) is 7.73. The molecule has 3 aliphatic heterocycles. The zero-order valence-corrected chi connectivity index (χ0v) is 20.0. The van der Waals surface area contributed by atoms with Crippen LogP contribution < -0.4 is 15.4 Å². The number of carbonyl (C=O) groups excluding carboxylic acids is 2. The highest BCUT2D eigenvalue weighted by Gasteiger charge is 2.73. The molecule has 2 bridgehead atoms. The molecule has 3 aliphatic rings. The molecule has 4 heterocycles. The average molecular weight is 484 g/mol. The highest BCUT2D eigenvalue weighted by molar-refractivity contribution is 6.26. The first kappa shape index (κ1) is 22.4. The van der Waals surface area contributed by atoms with Crippen molar-refractivity contribution in [2.45, 2.75) is 44.3 Å². The number of benzene rings is 2. The maximum Gasteiger partial charge on any atom is 0.240 e. The molecule has 2 amide bonds. The van der Waals surface area contributed by atoms with Crippen molar-refractivity contribution in [2.75, 3.05) is 17.2 Å². The molecule has 0 unspecified atom stereocenters. The van der Waals surface area contributed by atoms with Crippen molar-refractivity contribution in [1.82, 2.24) is 9.97 Å². The zero-order chi connectivity index (χ0) is 25.2. The molecule has 3 aromatic rings. The van der Waals surface area contributed by atoms with Crippen molar-refractivity contribution < 1.29 is 19.1 Å². The minimum atomic E-state index is -0.795. The topological polar surface area (TPSA) is 131 Å². The smallest absolute Gasteiger partial charge is 0.240 e. The third-order valence-corrected chi connectivity index (χ3v) is 7.90. The summed E-state index contributed by atoms with van der Waals surface area (Å²) in [7, 11) is 0. The SMILES string of the molecule is Cc1cc(OCC[C@@]23CC[C@@](C)(O2)[C@H]2C(=O)N(c4ccc(C#N)c5ccccc45)C(=O)[C@H]23)nc(N)n1. The number of hydrogen-bond donors (Lipinski definition) is 1. The van der Waals surface area contributed by atoms with Crippen LogP contribution in [0.15, 0.2) is 42.5 Å². The van der Waals surface area contributed by atoms with Gasteiger partial charge in [-0.2, -0.15) is 10.2 Å². The van der Waals surface area contributed by atoms with Crippen LogP contribution in [0.1, 0.15) is 37.4 Å². The molecule has 4 atom stereocenters. The molecular weight excluding hydrogens is 458 g/mol. The summed E-state index contributed by atoms with van der Waals surface area (Å²) in [6.07, 6.45) is 1.79. The van der Waals surface area contributed by atoms with Crippen LogP contribution >= 0.6 is 0 Å². The van der Waals surface area contributed by atoms with Gasteiger partial charge in [0.1, 0.15) is 0 Å². The molecule has 1 aromatic heterocycles. The number of nitrogens with two attached hydrogens (primary N) is 1. The molecule has 9 heteroatoms. The van der Waals surface area contributed by atoms with Gasteiger partial charge < -0.3 is 15.2 Å². The van der Waals surface area contributed by atoms with Gasteiger partial charge in [-0.05, 0) is 38.8 Å². The van der Waals surface area contributed by atoms with E-state index in [-0.39, 0.29) is 24.4 Å². The summed E-state index contributed by atoms with van der Waals surface area (Å²) < 4.78 is 12.4. The number of anilines is 2. The Kier molecular flexibility index (Phi) is 4.82. The Morgan fingerprint density at radius 2 is 1.89 bits per heavy atom. The van der Waals surface area contributed by atoms with Crippen LogP contribution in [0.3, 0.4) is 0 Å². The highest BCUT2D eigenvalue weighted by atomic mass is 16.5. The van der Waals surface area contributed by atoms with Gasteiger partial charge in [-0.25, -0.2) is 9.88 Å². The number of rotatable bonds is 5. The summed E-state index contributed by atoms with van der Waals surface area (Å²) in [4.78, 5) is 37.2. The number of nitrogen functional groups attached to an aromatic ring is 1. The highest BCUT2D eigenvalue weighted by Crippen LogP contribution is 2.62. The predicted molar refractivity (Wildman–Crippen MR) is 131 cm³/mol. The quantitative estimate of drug-likeness (QED) is 0.547. The van der Waals surface area contributed by atoms with Crippen LogP contribution in [0.2, 0.25) is 0 Å². The van der Waals surface area contributed by atoms with Crippen LogP contribution in [-0.2, 0) is 14.3 Å². The number of hydrogen-bond acceptors (Lipinski definition) is 8. The summed E-state index contributed by atoms with van der Waals surface area (Å²) in [6, 6.07) is 14.6. The van der Waals surface area contributed by atoms with E-state index in [0.717, 1.165) is 0 Å². The third-order valence-electron chi connectivity index (χ3n) is 7.90. The van der Waals surface area contributed by atoms with Gasteiger partial charge in [-0.3, -0.25) is 9.59 Å². The fourth-order valence-electron chi connectivity index (χ4n) is 6.39. The number of imide groups is 1. The van der Waals surface area contributed by atoms with Crippen molar-refractivity contribution in [3.8, 4) is 11.9 Å². The Hall–Kier alpha value is -4.03. The summed E-state index contributed by atoms with van der Waals surface area (Å²) in [5, 5.41) is 10.9. The fraction of sp³-hybridized carbons (Fsp3) is 0.370. The van der Waals surface area contributed by atoms with Crippen LogP contribution in [0.4, 0.5) is 11.6 Å². The first-order valence-corrected chi connectivity index (χ1v) is 12.0. The molecule has 36 heavy (non-hydrogen) atoms. The van der Waals surface area contributed by atoms with E-state index in [4.69, 9.17) is 15.2 Å². The number of fused-ring (bicyclic) bond motifs is 6. The minimum absolute atomic E-state index is 0.135. The molecule has 9 nitrogen and oxygen atoms in total. The lowest BCUT2D eigenvalue weighted by Crippen LogP contribution is -2.43. The number of aromatic nitrogens is 2. The van der Waals surface area contributed by atoms with E-state index in [1.54, 1.807) is 25.1 Å². The lowest BCUT2D eigenvalue weighted by atomic mass is 9.67. The van der Waals surface area contributed by atoms with Crippen LogP contribution in [0.25, 0.3) is 10.8 Å². The Morgan fingerprint density at radius 1 is 1.14 bits per heavy atom. The molecule has 0 spiro atoms. The molecule has 182 valence electrons. The van der Waals surface area contributed by atoms with Gasteiger partial charge in [-0.1, -0.05) is 24.3 Å². The monoisotopic (exact) mass is 483 g/mol. The molecule has 3 saturated heterocycles. The van der Waals surface area contributed by atoms with Crippen molar-refractivity contribution in [1.29, 1.82) is 5.26 Å². The second-order valence-corrected chi connectivity index (χ2v) is 10.0. The number of aryl methyl sites for hydroxylation is 1. The maximum absolute atomic E-state index is 13.9. The van der Waals surface area contributed by atoms with E-state index in [2.05, 4.69) is 16.0 Å². The van der Waals surface area contributed by atoms with Crippen LogP contribution in [0, 0.1) is 30.1 Å². The van der Waals surface area contributed by atoms with E-state index >= 15 is 0 Å². The van der Waals surface area contributed by atoms with Crippen molar-refractivity contribution in [3.63, 3.8) is 0 Å². The first-order chi connectivity index (χ1) is 17.3. The summed E-state index contributed by atoms with van der Waals surface area (Å²) in [6.45, 7) is 4.00. The second-order valence-electron chi connectivity index (χ2n) is 10.0. The number of ether oxygens (including phenoxy) is 2. The Labute approximate surface area is 207 Å². The lowest BCUT2D eigenvalue weighted by Gasteiger charge is -2.31. The molecule has 0 radical (unpaired) electrons. The van der Waals surface area contributed by atoms with Gasteiger partial charge in [0.05, 0.1) is 47.0 Å². The van der Waals surface area contributed by atoms with E-state index in [9.17, 15) is 14.9 Å². The van der Waals surface area contributed by atoms with Gasteiger partial charge in [-0.15, -0.1) is 0 Å². The Balaban J connectivity index is 1.33. The summed E-state index contributed by atoms with van der Waals surface area (Å²) in [5.74, 6) is -1.17. The summed E-state index contributed by atoms with van der Waals surface area (Å²) in [5.41, 5.74) is 5.92. The van der Waals surface area contributed by atoms with Gasteiger partial charge in [0.25, 0.3) is 0 Å². The van der Waals surface area contributed by atoms with E-state index in [1.807, 2.05) is 31.2 Å². The number of nitrogens with zero attached hydrogens (tertiary/aromatic N) is 4. The van der Waals surface area contributed by atoms with E-state index in [1.165, 1.54) is 4.90 Å². The summed E-state index contributed by atoms with van der Waals surface area (Å²) >= 11 is 0. The largest absolute Gasteiger partial charge is 0.477 e. The average Bonchev–Trinajstić information content (AvgIpc) is 3.42. The standard InChI is InChI=1S/C27H25N5O4/c1-15-13-20(31-25(29)30-15)35-12-11-27-10-9-26(2,36-27)21-22(27)24(34)32(23(21)33)19-8-7-16(14-28)17-5-3-4-6-18(17)19/h3-8,13,21-22H,9-12H2,1-2H3,(H2,29,30,31)/t21-,22+,26-,27-/m1/s1. The molecule has 3 fully saturated rings. The molecule has 2 aromatic carbocycles. The molecular formula is C27H25N5O4. The predicted octanol–water partition coefficient (Wildman–Crippen LogP) is 3.29. The van der Waals surface area contributed by atoms with Crippen LogP contribution in [-0.4, -0.2) is 39.6 Å². The van der Waals surface area contributed by atoms with Gasteiger partial charge in [0, 0.05) is 29.0 Å². The normalized spacial score (nSPS) is 28.5. The number of amides is 2. The Morgan fingerprint density at radius 3 is 2.64 bits per heavy atom. The molecule has 2 N–H and O–H groups in total. The van der Waals surface area contributed by atoms with E-state index < -0.39 is 23.0 Å². The molecule has 6 rings (SSSR count). The zero-order valence-electron chi connectivity index (χ0n) is 20.0. The third kappa shape index (κ3) is 3.11. The Bertz CT molecular complexity index is 1460. The van der Waals surface area contributed by atoms with Gasteiger partial charge >= 0.3 is 0 Å². The van der Waals surface area contributed by atoms with Crippen molar-refractivity contribution in [2.24, 2.45) is 11.8 Å². The van der Waals surface area contributed by atoms with Crippen molar-refractivity contribution in [3.05, 3.63) is 53.7 Å². The number of carbonyl (C=O) groups is 2. The molecule has 0 aliphatic carbocycles. The lowest BCUT2D eigenvalue weighted by molar-refractivity contribution is -0.131. The van der Waals surface area contributed by atoms with Crippen molar-refractivity contribution >= 4 is 34.2 Å². The van der Waals surface area contributed by atoms with Gasteiger partial charge in [0.15, 0.2) is 0 Å². The number of nitriles is 1. The first-order valence-electron chi connectivity index (χ1n) is 12.0.